The van der Waals surface area contributed by atoms with Crippen LogP contribution in [-0.2, 0) is 14.3 Å². The third-order valence-corrected chi connectivity index (χ3v) is 2.89. The van der Waals surface area contributed by atoms with Crippen molar-refractivity contribution in [2.75, 3.05) is 7.11 Å². The maximum absolute atomic E-state index is 11.7. The predicted octanol–water partition coefficient (Wildman–Crippen LogP) is 2.19. The van der Waals surface area contributed by atoms with Crippen LogP contribution in [0.1, 0.15) is 18.5 Å². The first kappa shape index (κ1) is 13.1. The number of benzene rings is 2. The molecule has 0 heterocycles. The maximum atomic E-state index is 11.7. The van der Waals surface area contributed by atoms with Crippen molar-refractivity contribution < 1.29 is 14.3 Å². The van der Waals surface area contributed by atoms with Crippen molar-refractivity contribution in [1.82, 2.24) is 5.32 Å². The molecule has 0 spiro atoms. The van der Waals surface area contributed by atoms with Crippen LogP contribution < -0.4 is 5.32 Å². The molecule has 0 aromatic heterocycles. The van der Waals surface area contributed by atoms with Gasteiger partial charge in [0.05, 0.1) is 7.11 Å². The minimum Gasteiger partial charge on any atom is -0.467 e. The molecule has 19 heavy (non-hydrogen) atoms. The Morgan fingerprint density at radius 2 is 1.79 bits per heavy atom. The number of rotatable bonds is 3. The van der Waals surface area contributed by atoms with Crippen molar-refractivity contribution in [3.8, 4) is 0 Å². The molecule has 1 N–H and O–H groups in total. The first-order valence-electron chi connectivity index (χ1n) is 5.95. The van der Waals surface area contributed by atoms with Crippen molar-refractivity contribution in [3.05, 3.63) is 48.0 Å². The second-order valence-electron chi connectivity index (χ2n) is 4.26. The van der Waals surface area contributed by atoms with Gasteiger partial charge in [0.2, 0.25) is 5.91 Å². The van der Waals surface area contributed by atoms with E-state index < -0.39 is 12.0 Å². The molecule has 0 aliphatic heterocycles. The Kier molecular flexibility index (Phi) is 3.80. The van der Waals surface area contributed by atoms with E-state index >= 15 is 0 Å². The van der Waals surface area contributed by atoms with Crippen LogP contribution in [0.4, 0.5) is 0 Å². The number of esters is 1. The number of hydrogen-bond acceptors (Lipinski definition) is 3. The molecule has 1 amide bonds. The molecule has 1 unspecified atom stereocenters. The molecule has 0 aliphatic carbocycles. The van der Waals surface area contributed by atoms with Crippen LogP contribution >= 0.6 is 0 Å². The zero-order chi connectivity index (χ0) is 13.8. The summed E-state index contributed by atoms with van der Waals surface area (Å²) < 4.78 is 4.73. The molecule has 4 heteroatoms. The van der Waals surface area contributed by atoms with E-state index in [1.54, 1.807) is 0 Å². The number of fused-ring (bicyclic) bond motifs is 1. The molecule has 2 aromatic rings. The van der Waals surface area contributed by atoms with E-state index in [4.69, 9.17) is 4.74 Å². The molecule has 0 fully saturated rings. The fraction of sp³-hybridized carbons (Fsp3) is 0.200. The highest BCUT2D eigenvalue weighted by molar-refractivity contribution is 5.88. The summed E-state index contributed by atoms with van der Waals surface area (Å²) in [7, 11) is 1.30. The van der Waals surface area contributed by atoms with E-state index in [1.165, 1.54) is 14.0 Å². The highest BCUT2D eigenvalue weighted by atomic mass is 16.5. The van der Waals surface area contributed by atoms with Crippen LogP contribution in [0.25, 0.3) is 10.8 Å². The minimum absolute atomic E-state index is 0.274. The van der Waals surface area contributed by atoms with Gasteiger partial charge in [0, 0.05) is 6.92 Å². The molecule has 0 saturated carbocycles. The standard InChI is InChI=1S/C15H15NO3/c1-10(17)16-14(15(18)19-2)13-8-7-11-5-3-4-6-12(11)9-13/h3-9,14H,1-2H3,(H,16,17). The predicted molar refractivity (Wildman–Crippen MR) is 72.5 cm³/mol. The molecule has 2 rings (SSSR count). The summed E-state index contributed by atoms with van der Waals surface area (Å²) in [6.45, 7) is 1.37. The lowest BCUT2D eigenvalue weighted by Gasteiger charge is -2.16. The monoisotopic (exact) mass is 257 g/mol. The molecule has 1 atom stereocenters. The highest BCUT2D eigenvalue weighted by Crippen LogP contribution is 2.21. The zero-order valence-electron chi connectivity index (χ0n) is 10.8. The normalized spacial score (nSPS) is 11.9. The molecule has 4 nitrogen and oxygen atoms in total. The maximum Gasteiger partial charge on any atom is 0.333 e. The molecule has 0 radical (unpaired) electrons. The Hall–Kier alpha value is -2.36. The Balaban J connectivity index is 2.43. The van der Waals surface area contributed by atoms with Crippen molar-refractivity contribution >= 4 is 22.6 Å². The lowest BCUT2D eigenvalue weighted by molar-refractivity contribution is -0.145. The van der Waals surface area contributed by atoms with Gasteiger partial charge in [-0.3, -0.25) is 4.79 Å². The number of methoxy groups -OCH3 is 1. The second kappa shape index (κ2) is 5.52. The van der Waals surface area contributed by atoms with Crippen molar-refractivity contribution in [2.45, 2.75) is 13.0 Å². The molecule has 2 aromatic carbocycles. The van der Waals surface area contributed by atoms with Crippen LogP contribution in [-0.4, -0.2) is 19.0 Å². The molecule has 0 saturated heterocycles. The van der Waals surface area contributed by atoms with Crippen LogP contribution in [0.3, 0.4) is 0 Å². The summed E-state index contributed by atoms with van der Waals surface area (Å²) in [6.07, 6.45) is 0. The van der Waals surface area contributed by atoms with E-state index in [2.05, 4.69) is 5.32 Å². The number of ether oxygens (including phenoxy) is 1. The van der Waals surface area contributed by atoms with Gasteiger partial charge >= 0.3 is 5.97 Å². The Morgan fingerprint density at radius 1 is 1.11 bits per heavy atom. The summed E-state index contributed by atoms with van der Waals surface area (Å²) in [5.41, 5.74) is 0.709. The zero-order valence-corrected chi connectivity index (χ0v) is 10.8. The topological polar surface area (TPSA) is 55.4 Å². The lowest BCUT2D eigenvalue weighted by atomic mass is 10.0. The van der Waals surface area contributed by atoms with Crippen LogP contribution in [0, 0.1) is 0 Å². The van der Waals surface area contributed by atoms with Crippen LogP contribution in [0.15, 0.2) is 42.5 Å². The smallest absolute Gasteiger partial charge is 0.333 e. The molecule has 98 valence electrons. The van der Waals surface area contributed by atoms with E-state index in [-0.39, 0.29) is 5.91 Å². The largest absolute Gasteiger partial charge is 0.467 e. The van der Waals surface area contributed by atoms with Gasteiger partial charge in [-0.15, -0.1) is 0 Å². The molecule has 0 aliphatic rings. The third kappa shape index (κ3) is 2.91. The second-order valence-corrected chi connectivity index (χ2v) is 4.26. The average Bonchev–Trinajstić information content (AvgIpc) is 2.43. The van der Waals surface area contributed by atoms with Crippen molar-refractivity contribution in [3.63, 3.8) is 0 Å². The Labute approximate surface area is 111 Å². The summed E-state index contributed by atoms with van der Waals surface area (Å²) in [5, 5.41) is 4.69. The van der Waals surface area contributed by atoms with Gasteiger partial charge in [0.15, 0.2) is 6.04 Å². The Morgan fingerprint density at radius 3 is 2.42 bits per heavy atom. The van der Waals surface area contributed by atoms with Gasteiger partial charge in [-0.2, -0.15) is 0 Å². The van der Waals surface area contributed by atoms with Crippen LogP contribution in [0.5, 0.6) is 0 Å². The summed E-state index contributed by atoms with van der Waals surface area (Å²) in [6, 6.07) is 12.7. The number of nitrogens with one attached hydrogen (secondary N) is 1. The van der Waals surface area contributed by atoms with E-state index in [1.807, 2.05) is 42.5 Å². The van der Waals surface area contributed by atoms with Crippen molar-refractivity contribution in [1.29, 1.82) is 0 Å². The van der Waals surface area contributed by atoms with Gasteiger partial charge in [-0.25, -0.2) is 4.79 Å². The third-order valence-electron chi connectivity index (χ3n) is 2.89. The van der Waals surface area contributed by atoms with Crippen molar-refractivity contribution in [2.24, 2.45) is 0 Å². The fourth-order valence-corrected chi connectivity index (χ4v) is 1.99. The van der Waals surface area contributed by atoms with Gasteiger partial charge in [-0.1, -0.05) is 36.4 Å². The van der Waals surface area contributed by atoms with E-state index in [0.29, 0.717) is 5.56 Å². The molecule has 0 bridgehead atoms. The average molecular weight is 257 g/mol. The van der Waals surface area contributed by atoms with Gasteiger partial charge in [0.1, 0.15) is 0 Å². The van der Waals surface area contributed by atoms with Crippen LogP contribution in [0.2, 0.25) is 0 Å². The van der Waals surface area contributed by atoms with Gasteiger partial charge < -0.3 is 10.1 Å². The first-order valence-corrected chi connectivity index (χ1v) is 5.95. The number of hydrogen-bond donors (Lipinski definition) is 1. The van der Waals surface area contributed by atoms with Gasteiger partial charge in [0.25, 0.3) is 0 Å². The summed E-state index contributed by atoms with van der Waals surface area (Å²) in [5.74, 6) is -0.756. The summed E-state index contributed by atoms with van der Waals surface area (Å²) in [4.78, 5) is 22.9. The number of carbonyl (C=O) groups is 2. The quantitative estimate of drug-likeness (QED) is 0.857. The van der Waals surface area contributed by atoms with E-state index in [0.717, 1.165) is 10.8 Å². The number of carbonyl (C=O) groups excluding carboxylic acids is 2. The first-order chi connectivity index (χ1) is 9.11. The summed E-state index contributed by atoms with van der Waals surface area (Å²) >= 11 is 0. The fourth-order valence-electron chi connectivity index (χ4n) is 1.99. The number of amides is 1. The SMILES string of the molecule is COC(=O)C(NC(C)=O)c1ccc2ccccc2c1. The Bertz CT molecular complexity index is 622. The highest BCUT2D eigenvalue weighted by Gasteiger charge is 2.22. The van der Waals surface area contributed by atoms with Gasteiger partial charge in [-0.05, 0) is 22.4 Å². The molecular weight excluding hydrogens is 242 g/mol. The minimum atomic E-state index is -0.771. The lowest BCUT2D eigenvalue weighted by Crippen LogP contribution is -2.32. The molecular formula is C15H15NO3. The van der Waals surface area contributed by atoms with E-state index in [9.17, 15) is 9.59 Å².